The maximum Gasteiger partial charge on any atom is 0.308 e. The number of likely N-dealkylation sites (N-methyl/N-ethyl adjacent to an activating group) is 1. The van der Waals surface area contributed by atoms with E-state index in [0.29, 0.717) is 52.5 Å². The average molecular weight is 722 g/mol. The molecule has 3 aromatic rings. The summed E-state index contributed by atoms with van der Waals surface area (Å²) in [6, 6.07) is 10.7. The van der Waals surface area contributed by atoms with Crippen LogP contribution in [-0.4, -0.2) is 84.4 Å². The summed E-state index contributed by atoms with van der Waals surface area (Å²) in [7, 11) is 3.49. The van der Waals surface area contributed by atoms with Gasteiger partial charge in [0.25, 0.3) is 0 Å². The molecule has 13 heteroatoms. The normalized spacial score (nSPS) is 23.2. The van der Waals surface area contributed by atoms with E-state index in [4.69, 9.17) is 18.9 Å². The molecule has 2 bridgehead atoms. The van der Waals surface area contributed by atoms with E-state index in [1.807, 2.05) is 57.3 Å². The van der Waals surface area contributed by atoms with Crippen molar-refractivity contribution in [2.45, 2.75) is 76.8 Å². The zero-order valence-electron chi connectivity index (χ0n) is 30.6. The van der Waals surface area contributed by atoms with Crippen LogP contribution in [0.15, 0.2) is 42.5 Å². The number of hydrogen-bond donors (Lipinski definition) is 3. The number of aromatic hydroxyl groups is 1. The topological polar surface area (TPSA) is 163 Å². The molecule has 1 unspecified atom stereocenters. The highest BCUT2D eigenvalue weighted by Gasteiger charge is 2.57. The lowest BCUT2D eigenvalue weighted by atomic mass is 9.71. The van der Waals surface area contributed by atoms with E-state index in [1.165, 1.54) is 20.1 Å². The number of phenols is 1. The Morgan fingerprint density at radius 1 is 1.09 bits per heavy atom. The van der Waals surface area contributed by atoms with Crippen molar-refractivity contribution >= 4 is 23.9 Å². The quantitative estimate of drug-likeness (QED) is 0.176. The zero-order chi connectivity index (χ0) is 37.7. The molecule has 3 N–H and O–H groups in total. The van der Waals surface area contributed by atoms with E-state index in [1.54, 1.807) is 13.0 Å². The molecular weight excluding hydrogens is 678 g/mol. The Morgan fingerprint density at radius 3 is 2.53 bits per heavy atom. The van der Waals surface area contributed by atoms with Crippen LogP contribution in [0.3, 0.4) is 0 Å². The molecule has 53 heavy (non-hydrogen) atoms. The number of methoxy groups -OCH3 is 1. The maximum absolute atomic E-state index is 13.7. The van der Waals surface area contributed by atoms with Gasteiger partial charge in [-0.2, -0.15) is 5.26 Å². The van der Waals surface area contributed by atoms with Gasteiger partial charge in [0.15, 0.2) is 23.0 Å². The van der Waals surface area contributed by atoms with E-state index in [0.717, 1.165) is 22.3 Å². The molecule has 0 aromatic heterocycles. The summed E-state index contributed by atoms with van der Waals surface area (Å²) in [5.74, 6) is 0.331. The van der Waals surface area contributed by atoms with Gasteiger partial charge in [0.05, 0.1) is 25.3 Å². The van der Waals surface area contributed by atoms with Crippen LogP contribution in [0.5, 0.6) is 28.7 Å². The molecule has 276 valence electrons. The van der Waals surface area contributed by atoms with E-state index in [-0.39, 0.29) is 25.1 Å². The van der Waals surface area contributed by atoms with Crippen LogP contribution in [-0.2, 0) is 27.2 Å². The van der Waals surface area contributed by atoms with Crippen LogP contribution >= 0.6 is 0 Å². The van der Waals surface area contributed by atoms with Gasteiger partial charge in [-0.15, -0.1) is 0 Å². The van der Waals surface area contributed by atoms with Crippen LogP contribution in [0, 0.1) is 25.2 Å². The fourth-order valence-electron chi connectivity index (χ4n) is 8.72. The number of piperazine rings is 1. The fourth-order valence-corrected chi connectivity index (χ4v) is 8.72. The average Bonchev–Trinajstić information content (AvgIpc) is 3.62. The monoisotopic (exact) mass is 721 g/mol. The lowest BCUT2D eigenvalue weighted by Crippen LogP contribution is -2.69. The number of rotatable bonds is 8. The minimum Gasteiger partial charge on any atom is -0.504 e. The number of esters is 1. The molecule has 0 aliphatic carbocycles. The Bertz CT molecular complexity index is 2060. The van der Waals surface area contributed by atoms with Gasteiger partial charge in [-0.1, -0.05) is 36.4 Å². The maximum atomic E-state index is 13.7. The second-order valence-electron chi connectivity index (χ2n) is 14.1. The molecular formula is C40H43N5O8. The molecule has 0 radical (unpaired) electrons. The fraction of sp³-hybridized carbons (Fsp3) is 0.400. The third-order valence-electron chi connectivity index (χ3n) is 11.0. The molecule has 13 nitrogen and oxygen atoms in total. The second-order valence-corrected chi connectivity index (χ2v) is 14.1. The van der Waals surface area contributed by atoms with Crippen molar-refractivity contribution in [3.8, 4) is 34.8 Å². The summed E-state index contributed by atoms with van der Waals surface area (Å²) < 4.78 is 23.6. The van der Waals surface area contributed by atoms with Gasteiger partial charge >= 0.3 is 5.97 Å². The summed E-state index contributed by atoms with van der Waals surface area (Å²) in [6.45, 7) is 6.61. The number of nitriles is 1. The predicted octanol–water partition coefficient (Wildman–Crippen LogP) is 3.78. The van der Waals surface area contributed by atoms with Crippen molar-refractivity contribution in [3.63, 3.8) is 0 Å². The van der Waals surface area contributed by atoms with Crippen molar-refractivity contribution in [2.24, 2.45) is 0 Å². The van der Waals surface area contributed by atoms with E-state index < -0.39 is 48.0 Å². The van der Waals surface area contributed by atoms with Crippen molar-refractivity contribution < 1.29 is 38.4 Å². The summed E-state index contributed by atoms with van der Waals surface area (Å²) in [4.78, 5) is 43.3. The standard InChI is InChI=1S/C40H43N5O8/c1-20-14-25-15-27-29(17-41)45-28(34(44(27)5)32(25)35(48)36(20)50-6)16-26-33(39-38(51-19-52-39)21(2)37(26)53-23(4)46)30(45)18-42-40(49)22(3)43-31(47)13-12-24-10-8-7-9-11-24/h7-14,22,27-30,34,48H,15-16,18-19H2,1-6H3,(H,42,49)(H,43,47)/b13-12+/t22-,27-,28?,29-,30-,34+/m0/s1. The number of hydrogen-bond acceptors (Lipinski definition) is 11. The number of benzene rings is 3. The molecule has 3 aromatic carbocycles. The molecule has 7 rings (SSSR count). The number of phenolic OH excluding ortho intramolecular Hbond substituents is 1. The molecule has 6 atom stereocenters. The van der Waals surface area contributed by atoms with Crippen molar-refractivity contribution in [1.29, 1.82) is 5.26 Å². The van der Waals surface area contributed by atoms with Crippen molar-refractivity contribution in [1.82, 2.24) is 20.4 Å². The Labute approximate surface area is 308 Å². The molecule has 0 spiro atoms. The first-order valence-electron chi connectivity index (χ1n) is 17.7. The number of fused-ring (bicyclic) bond motifs is 9. The van der Waals surface area contributed by atoms with Crippen LogP contribution in [0.1, 0.15) is 64.9 Å². The first-order chi connectivity index (χ1) is 25.4. The number of nitrogens with zero attached hydrogens (tertiary/aromatic N) is 3. The lowest BCUT2D eigenvalue weighted by Gasteiger charge is -2.60. The number of nitrogens with one attached hydrogen (secondary N) is 2. The summed E-state index contributed by atoms with van der Waals surface area (Å²) >= 11 is 0. The van der Waals surface area contributed by atoms with Gasteiger partial charge < -0.3 is 34.7 Å². The number of amides is 2. The summed E-state index contributed by atoms with van der Waals surface area (Å²) in [5.41, 5.74) is 5.26. The molecule has 0 saturated carbocycles. The van der Waals surface area contributed by atoms with E-state index in [9.17, 15) is 24.8 Å². The first-order valence-corrected chi connectivity index (χ1v) is 17.7. The number of carbonyl (C=O) groups excluding carboxylic acids is 3. The second kappa shape index (κ2) is 14.1. The molecule has 4 heterocycles. The van der Waals surface area contributed by atoms with Gasteiger partial charge in [0, 0.05) is 53.9 Å². The summed E-state index contributed by atoms with van der Waals surface area (Å²) in [5, 5.41) is 28.4. The minimum absolute atomic E-state index is 0.0260. The Morgan fingerprint density at radius 2 is 1.83 bits per heavy atom. The van der Waals surface area contributed by atoms with Crippen LogP contribution in [0.25, 0.3) is 6.08 Å². The van der Waals surface area contributed by atoms with Crippen LogP contribution < -0.4 is 29.6 Å². The lowest BCUT2D eigenvalue weighted by molar-refractivity contribution is -0.132. The van der Waals surface area contributed by atoms with E-state index in [2.05, 4.69) is 26.5 Å². The largest absolute Gasteiger partial charge is 0.504 e. The smallest absolute Gasteiger partial charge is 0.308 e. The third-order valence-corrected chi connectivity index (χ3v) is 11.0. The van der Waals surface area contributed by atoms with Gasteiger partial charge in [-0.3, -0.25) is 24.2 Å². The van der Waals surface area contributed by atoms with Crippen molar-refractivity contribution in [2.75, 3.05) is 27.5 Å². The first kappa shape index (κ1) is 35.8. The predicted molar refractivity (Wildman–Crippen MR) is 194 cm³/mol. The zero-order valence-corrected chi connectivity index (χ0v) is 30.6. The summed E-state index contributed by atoms with van der Waals surface area (Å²) in [6.07, 6.45) is 3.88. The van der Waals surface area contributed by atoms with Crippen molar-refractivity contribution in [3.05, 3.63) is 81.4 Å². The highest BCUT2D eigenvalue weighted by Crippen LogP contribution is 2.58. The van der Waals surface area contributed by atoms with Gasteiger partial charge in [-0.05, 0) is 63.4 Å². The minimum atomic E-state index is -0.889. The van der Waals surface area contributed by atoms with Gasteiger partial charge in [0.1, 0.15) is 17.8 Å². The molecule has 1 saturated heterocycles. The molecule has 4 aliphatic heterocycles. The highest BCUT2D eigenvalue weighted by atomic mass is 16.7. The number of ether oxygens (including phenoxy) is 4. The Kier molecular flexibility index (Phi) is 9.52. The van der Waals surface area contributed by atoms with Gasteiger partial charge in [-0.25, -0.2) is 0 Å². The number of carbonyl (C=O) groups is 3. The molecule has 1 fully saturated rings. The number of aryl methyl sites for hydroxylation is 1. The van der Waals surface area contributed by atoms with Gasteiger partial charge in [0.2, 0.25) is 18.6 Å². The highest BCUT2D eigenvalue weighted by molar-refractivity contribution is 5.95. The van der Waals surface area contributed by atoms with Crippen LogP contribution in [0.4, 0.5) is 0 Å². The molecule has 2 amide bonds. The SMILES string of the molecule is COc1c(C)cc2c(c1O)[C@H]1C3Cc4c(OC(C)=O)c(C)c5c(c4[C@H](CNC(=O)[C@H](C)NC(=O)/C=C/c4ccccc4)N3[C@@H](C#N)[C@H](C2)N1C)OCO5. The third kappa shape index (κ3) is 6.11. The van der Waals surface area contributed by atoms with E-state index >= 15 is 0 Å². The molecule has 4 aliphatic rings. The Hall–Kier alpha value is -5.58. The van der Waals surface area contributed by atoms with Crippen LogP contribution in [0.2, 0.25) is 0 Å². The Balaban J connectivity index is 1.30.